The SMILES string of the molecule is CC(C)N(CC[N]CCN(C(C)C)C(C)C)C(C)C. The largest absolute Gasteiger partial charge is 0.297 e. The second kappa shape index (κ2) is 9.73. The van der Waals surface area contributed by atoms with Gasteiger partial charge < -0.3 is 0 Å². The first kappa shape index (κ1) is 18.9. The molecule has 0 fully saturated rings. The molecule has 1 radical (unpaired) electrons. The fraction of sp³-hybridized carbons (Fsp3) is 1.00. The van der Waals surface area contributed by atoms with E-state index in [1.807, 2.05) is 0 Å². The average molecular weight is 270 g/mol. The molecule has 115 valence electrons. The highest BCUT2D eigenvalue weighted by Gasteiger charge is 2.14. The third kappa shape index (κ3) is 7.91. The van der Waals surface area contributed by atoms with E-state index in [9.17, 15) is 0 Å². The quantitative estimate of drug-likeness (QED) is 0.569. The molecule has 0 heterocycles. The van der Waals surface area contributed by atoms with E-state index < -0.39 is 0 Å². The molecule has 0 aromatic heterocycles. The van der Waals surface area contributed by atoms with Crippen molar-refractivity contribution in [3.63, 3.8) is 0 Å². The molecular formula is C16H36N3. The number of nitrogens with zero attached hydrogens (tertiary/aromatic N) is 3. The van der Waals surface area contributed by atoms with E-state index >= 15 is 0 Å². The third-order valence-electron chi connectivity index (χ3n) is 3.69. The van der Waals surface area contributed by atoms with E-state index in [0.717, 1.165) is 26.2 Å². The maximum Gasteiger partial charge on any atom is 0.0262 e. The molecule has 3 heteroatoms. The van der Waals surface area contributed by atoms with Crippen molar-refractivity contribution >= 4 is 0 Å². The molecule has 19 heavy (non-hydrogen) atoms. The maximum atomic E-state index is 4.70. The monoisotopic (exact) mass is 270 g/mol. The summed E-state index contributed by atoms with van der Waals surface area (Å²) in [4.78, 5) is 5.01. The van der Waals surface area contributed by atoms with Crippen molar-refractivity contribution in [2.24, 2.45) is 0 Å². The lowest BCUT2D eigenvalue weighted by Crippen LogP contribution is -2.43. The van der Waals surface area contributed by atoms with Crippen molar-refractivity contribution in [2.45, 2.75) is 79.6 Å². The zero-order chi connectivity index (χ0) is 15.0. The minimum Gasteiger partial charge on any atom is -0.297 e. The van der Waals surface area contributed by atoms with Gasteiger partial charge in [0.25, 0.3) is 0 Å². The van der Waals surface area contributed by atoms with Gasteiger partial charge in [-0.15, -0.1) is 0 Å². The van der Waals surface area contributed by atoms with Gasteiger partial charge in [0.05, 0.1) is 0 Å². The Labute approximate surface area is 121 Å². The van der Waals surface area contributed by atoms with Crippen LogP contribution in [0.5, 0.6) is 0 Å². The van der Waals surface area contributed by atoms with Crippen molar-refractivity contribution in [3.05, 3.63) is 0 Å². The minimum atomic E-state index is 0.609. The molecule has 0 rings (SSSR count). The summed E-state index contributed by atoms with van der Waals surface area (Å²) in [7, 11) is 0. The van der Waals surface area contributed by atoms with Crippen LogP contribution in [0.4, 0.5) is 0 Å². The Bertz CT molecular complexity index is 174. The van der Waals surface area contributed by atoms with Crippen LogP contribution in [0, 0.1) is 0 Å². The second-order valence-electron chi connectivity index (χ2n) is 6.52. The third-order valence-corrected chi connectivity index (χ3v) is 3.69. The average Bonchev–Trinajstić information content (AvgIpc) is 2.25. The number of rotatable bonds is 10. The highest BCUT2D eigenvalue weighted by molar-refractivity contribution is 4.70. The Morgan fingerprint density at radius 1 is 0.579 bits per heavy atom. The van der Waals surface area contributed by atoms with Crippen LogP contribution in [0.15, 0.2) is 0 Å². The zero-order valence-electron chi connectivity index (χ0n) is 14.5. The molecule has 0 amide bonds. The molecule has 0 saturated heterocycles. The van der Waals surface area contributed by atoms with Crippen LogP contribution in [0.3, 0.4) is 0 Å². The van der Waals surface area contributed by atoms with Gasteiger partial charge in [-0.1, -0.05) is 0 Å². The van der Waals surface area contributed by atoms with Gasteiger partial charge >= 0.3 is 0 Å². The van der Waals surface area contributed by atoms with Gasteiger partial charge in [0.15, 0.2) is 0 Å². The molecule has 0 atom stereocenters. The Balaban J connectivity index is 3.85. The molecule has 0 aromatic rings. The van der Waals surface area contributed by atoms with Gasteiger partial charge in [0, 0.05) is 50.3 Å². The molecule has 0 spiro atoms. The highest BCUT2D eigenvalue weighted by Crippen LogP contribution is 2.04. The van der Waals surface area contributed by atoms with E-state index in [1.54, 1.807) is 0 Å². The molecule has 0 unspecified atom stereocenters. The van der Waals surface area contributed by atoms with Gasteiger partial charge in [0.2, 0.25) is 0 Å². The molecule has 0 aliphatic heterocycles. The van der Waals surface area contributed by atoms with Crippen LogP contribution in [-0.2, 0) is 0 Å². The molecule has 0 bridgehead atoms. The van der Waals surface area contributed by atoms with E-state index in [-0.39, 0.29) is 0 Å². The lowest BCUT2D eigenvalue weighted by Gasteiger charge is -2.31. The summed E-state index contributed by atoms with van der Waals surface area (Å²) < 4.78 is 0. The van der Waals surface area contributed by atoms with Gasteiger partial charge in [0.1, 0.15) is 0 Å². The van der Waals surface area contributed by atoms with Crippen molar-refractivity contribution in [1.29, 1.82) is 0 Å². The van der Waals surface area contributed by atoms with Crippen molar-refractivity contribution in [2.75, 3.05) is 26.2 Å². The van der Waals surface area contributed by atoms with Crippen LogP contribution in [-0.4, -0.2) is 60.1 Å². The van der Waals surface area contributed by atoms with Crippen LogP contribution in [0.2, 0.25) is 0 Å². The van der Waals surface area contributed by atoms with Gasteiger partial charge in [-0.3, -0.25) is 9.80 Å². The van der Waals surface area contributed by atoms with E-state index in [1.165, 1.54) is 0 Å². The summed E-state index contributed by atoms with van der Waals surface area (Å²) in [6.07, 6.45) is 0. The van der Waals surface area contributed by atoms with Gasteiger partial charge in [-0.2, -0.15) is 0 Å². The number of hydrogen-bond acceptors (Lipinski definition) is 2. The lowest BCUT2D eigenvalue weighted by molar-refractivity contribution is 0.163. The van der Waals surface area contributed by atoms with Crippen LogP contribution < -0.4 is 5.32 Å². The summed E-state index contributed by atoms with van der Waals surface area (Å²) in [6, 6.07) is 2.44. The molecule has 3 nitrogen and oxygen atoms in total. The molecular weight excluding hydrogens is 234 g/mol. The first-order valence-corrected chi connectivity index (χ1v) is 7.92. The predicted molar refractivity (Wildman–Crippen MR) is 85.8 cm³/mol. The fourth-order valence-corrected chi connectivity index (χ4v) is 2.71. The first-order chi connectivity index (χ1) is 8.77. The van der Waals surface area contributed by atoms with E-state index in [0.29, 0.717) is 24.2 Å². The summed E-state index contributed by atoms with van der Waals surface area (Å²) in [5.74, 6) is 0. The summed E-state index contributed by atoms with van der Waals surface area (Å²) in [6.45, 7) is 22.2. The first-order valence-electron chi connectivity index (χ1n) is 7.92. The smallest absolute Gasteiger partial charge is 0.0262 e. The normalized spacial score (nSPS) is 12.9. The van der Waals surface area contributed by atoms with Gasteiger partial charge in [-0.25, -0.2) is 5.32 Å². The second-order valence-corrected chi connectivity index (χ2v) is 6.52. The Morgan fingerprint density at radius 2 is 0.842 bits per heavy atom. The molecule has 0 N–H and O–H groups in total. The van der Waals surface area contributed by atoms with Crippen molar-refractivity contribution in [1.82, 2.24) is 15.1 Å². The van der Waals surface area contributed by atoms with Crippen molar-refractivity contribution in [3.8, 4) is 0 Å². The standard InChI is InChI=1S/C16H36N3/c1-13(2)18(14(3)4)11-9-17-10-12-19(15(5)6)16(7)8/h13-16H,9-12H2,1-8H3. The summed E-state index contributed by atoms with van der Waals surface area (Å²) >= 11 is 0. The highest BCUT2D eigenvalue weighted by atomic mass is 15.2. The number of hydrogen-bond donors (Lipinski definition) is 0. The molecule has 0 aliphatic carbocycles. The van der Waals surface area contributed by atoms with Gasteiger partial charge in [-0.05, 0) is 55.4 Å². The lowest BCUT2D eigenvalue weighted by atomic mass is 10.2. The topological polar surface area (TPSA) is 20.6 Å². The Morgan fingerprint density at radius 3 is 1.05 bits per heavy atom. The summed E-state index contributed by atoms with van der Waals surface area (Å²) in [5.41, 5.74) is 0. The van der Waals surface area contributed by atoms with Crippen LogP contribution in [0.25, 0.3) is 0 Å². The molecule has 0 saturated carbocycles. The fourth-order valence-electron chi connectivity index (χ4n) is 2.71. The maximum absolute atomic E-state index is 4.70. The van der Waals surface area contributed by atoms with Crippen LogP contribution >= 0.6 is 0 Å². The Kier molecular flexibility index (Phi) is 9.67. The molecule has 0 aromatic carbocycles. The Hall–Kier alpha value is -0.120. The van der Waals surface area contributed by atoms with Crippen LogP contribution in [0.1, 0.15) is 55.4 Å². The minimum absolute atomic E-state index is 0.609. The van der Waals surface area contributed by atoms with E-state index in [4.69, 9.17) is 5.32 Å². The summed E-state index contributed by atoms with van der Waals surface area (Å²) in [5, 5.41) is 4.70. The predicted octanol–water partition coefficient (Wildman–Crippen LogP) is 2.83. The molecule has 0 aliphatic rings. The zero-order valence-corrected chi connectivity index (χ0v) is 14.5. The van der Waals surface area contributed by atoms with Crippen molar-refractivity contribution < 1.29 is 0 Å². The van der Waals surface area contributed by atoms with E-state index in [2.05, 4.69) is 65.2 Å².